The molecule has 0 atom stereocenters. The van der Waals surface area contributed by atoms with Gasteiger partial charge in [0.25, 0.3) is 5.24 Å². The number of carbonyl (C=O) groups excluding carboxylic acids is 1. The molecular weight excluding hydrogens is 325 g/mol. The molecule has 0 bridgehead atoms. The van der Waals surface area contributed by atoms with Crippen molar-refractivity contribution in [2.24, 2.45) is 0 Å². The number of aromatic nitrogens is 1. The summed E-state index contributed by atoms with van der Waals surface area (Å²) in [5.74, 6) is 0. The van der Waals surface area contributed by atoms with E-state index in [1.54, 1.807) is 6.07 Å². The molecule has 2 aromatic heterocycles. The summed E-state index contributed by atoms with van der Waals surface area (Å²) >= 11 is 13.1. The highest BCUT2D eigenvalue weighted by Crippen LogP contribution is 2.33. The molecule has 3 rings (SSSR count). The zero-order valence-corrected chi connectivity index (χ0v) is 13.5. The number of rotatable bonds is 3. The Morgan fingerprint density at radius 1 is 1.24 bits per heavy atom. The lowest BCUT2D eigenvalue weighted by Gasteiger charge is -2.07. The van der Waals surface area contributed by atoms with Gasteiger partial charge in [-0.15, -0.1) is 11.3 Å². The monoisotopic (exact) mass is 335 g/mol. The zero-order valence-electron chi connectivity index (χ0n) is 11.2. The van der Waals surface area contributed by atoms with Gasteiger partial charge in [0.15, 0.2) is 0 Å². The maximum absolute atomic E-state index is 11.8. The Hall–Kier alpha value is -1.42. The van der Waals surface area contributed by atoms with E-state index in [0.717, 1.165) is 27.8 Å². The number of thiophene rings is 1. The van der Waals surface area contributed by atoms with Crippen LogP contribution >= 0.6 is 34.5 Å². The zero-order chi connectivity index (χ0) is 15.0. The van der Waals surface area contributed by atoms with Crippen LogP contribution in [-0.2, 0) is 6.42 Å². The summed E-state index contributed by atoms with van der Waals surface area (Å²) in [4.78, 5) is 17.3. The predicted molar refractivity (Wildman–Crippen MR) is 89.6 cm³/mol. The van der Waals surface area contributed by atoms with Gasteiger partial charge in [-0.1, -0.05) is 24.6 Å². The first kappa shape index (κ1) is 14.5. The molecule has 0 radical (unpaired) electrons. The van der Waals surface area contributed by atoms with E-state index in [9.17, 15) is 4.79 Å². The van der Waals surface area contributed by atoms with Gasteiger partial charge in [0.1, 0.15) is 0 Å². The third kappa shape index (κ3) is 2.82. The summed E-state index contributed by atoms with van der Waals surface area (Å²) in [6.45, 7) is 2.07. The van der Waals surface area contributed by atoms with Crippen LogP contribution in [0.2, 0.25) is 4.34 Å². The van der Waals surface area contributed by atoms with Crippen LogP contribution < -0.4 is 0 Å². The maximum atomic E-state index is 11.8. The number of halogens is 2. The first-order chi connectivity index (χ1) is 10.1. The number of fused-ring (bicyclic) bond motifs is 1. The van der Waals surface area contributed by atoms with Crippen LogP contribution in [0.15, 0.2) is 36.4 Å². The lowest BCUT2D eigenvalue weighted by atomic mass is 10.0. The number of benzene rings is 1. The number of nitrogens with zero attached hydrogens (tertiary/aromatic N) is 1. The minimum absolute atomic E-state index is 0.473. The normalized spacial score (nSPS) is 11.0. The van der Waals surface area contributed by atoms with Crippen LogP contribution in [0.1, 0.15) is 22.8 Å². The summed E-state index contributed by atoms with van der Waals surface area (Å²) in [6, 6.07) is 11.4. The third-order valence-corrected chi connectivity index (χ3v) is 4.78. The summed E-state index contributed by atoms with van der Waals surface area (Å²) in [5.41, 5.74) is 3.11. The summed E-state index contributed by atoms with van der Waals surface area (Å²) in [6.07, 6.45) is 0.897. The van der Waals surface area contributed by atoms with Gasteiger partial charge < -0.3 is 0 Å². The highest BCUT2D eigenvalue weighted by molar-refractivity contribution is 7.19. The molecule has 1 aromatic carbocycles. The second-order valence-corrected chi connectivity index (χ2v) is 6.70. The Bertz CT molecular complexity index is 841. The first-order valence-corrected chi connectivity index (χ1v) is 8.05. The molecule has 21 heavy (non-hydrogen) atoms. The number of pyridine rings is 1. The van der Waals surface area contributed by atoms with E-state index in [-0.39, 0.29) is 0 Å². The fourth-order valence-corrected chi connectivity index (χ4v) is 3.39. The molecule has 0 aliphatic rings. The molecule has 2 nitrogen and oxygen atoms in total. The molecule has 0 aliphatic heterocycles. The molecule has 3 aromatic rings. The molecule has 0 aliphatic carbocycles. The first-order valence-electron chi connectivity index (χ1n) is 6.47. The Morgan fingerprint density at radius 2 is 2.05 bits per heavy atom. The van der Waals surface area contributed by atoms with Crippen molar-refractivity contribution in [3.05, 3.63) is 51.9 Å². The average molecular weight is 336 g/mol. The van der Waals surface area contributed by atoms with E-state index in [1.165, 1.54) is 11.3 Å². The minimum Gasteiger partial charge on any atom is -0.276 e. The molecule has 0 fully saturated rings. The van der Waals surface area contributed by atoms with Crippen LogP contribution in [0.4, 0.5) is 0 Å². The van der Waals surface area contributed by atoms with E-state index < -0.39 is 5.24 Å². The Labute approximate surface area is 136 Å². The molecule has 0 saturated carbocycles. The lowest BCUT2D eigenvalue weighted by molar-refractivity contribution is 0.108. The van der Waals surface area contributed by atoms with Crippen molar-refractivity contribution in [3.8, 4) is 10.6 Å². The van der Waals surface area contributed by atoms with Crippen LogP contribution in [0, 0.1) is 0 Å². The van der Waals surface area contributed by atoms with Gasteiger partial charge in [-0.05, 0) is 53.9 Å². The van der Waals surface area contributed by atoms with Crippen molar-refractivity contribution in [3.63, 3.8) is 0 Å². The van der Waals surface area contributed by atoms with Crippen molar-refractivity contribution in [1.29, 1.82) is 0 Å². The van der Waals surface area contributed by atoms with Gasteiger partial charge >= 0.3 is 0 Å². The summed E-state index contributed by atoms with van der Waals surface area (Å²) in [5, 5.41) is 0.320. The fraction of sp³-hybridized carbons (Fsp3) is 0.125. The van der Waals surface area contributed by atoms with Crippen molar-refractivity contribution in [2.75, 3.05) is 0 Å². The molecule has 2 heterocycles. The van der Waals surface area contributed by atoms with Crippen molar-refractivity contribution >= 4 is 50.7 Å². The molecule has 0 amide bonds. The number of carbonyl (C=O) groups is 1. The van der Waals surface area contributed by atoms with Gasteiger partial charge in [0.05, 0.1) is 20.4 Å². The Kier molecular flexibility index (Phi) is 3.98. The molecule has 106 valence electrons. The fourth-order valence-electron chi connectivity index (χ4n) is 2.23. The number of aryl methyl sites for hydroxylation is 1. The Balaban J connectivity index is 2.28. The highest BCUT2D eigenvalue weighted by atomic mass is 35.5. The van der Waals surface area contributed by atoms with Crippen molar-refractivity contribution in [2.45, 2.75) is 13.3 Å². The van der Waals surface area contributed by atoms with Gasteiger partial charge in [0.2, 0.25) is 0 Å². The van der Waals surface area contributed by atoms with E-state index in [4.69, 9.17) is 23.2 Å². The maximum Gasteiger partial charge on any atom is 0.253 e. The van der Waals surface area contributed by atoms with Gasteiger partial charge in [-0.2, -0.15) is 0 Å². The van der Waals surface area contributed by atoms with E-state index in [2.05, 4.69) is 11.9 Å². The second kappa shape index (κ2) is 5.76. The molecule has 0 saturated heterocycles. The average Bonchev–Trinajstić information content (AvgIpc) is 2.92. The number of hydrogen-bond acceptors (Lipinski definition) is 3. The van der Waals surface area contributed by atoms with Gasteiger partial charge in [-0.25, -0.2) is 4.98 Å². The van der Waals surface area contributed by atoms with E-state index >= 15 is 0 Å². The second-order valence-electron chi connectivity index (χ2n) is 4.64. The summed E-state index contributed by atoms with van der Waals surface area (Å²) in [7, 11) is 0. The largest absolute Gasteiger partial charge is 0.276 e. The minimum atomic E-state index is -0.473. The van der Waals surface area contributed by atoms with Crippen LogP contribution in [0.3, 0.4) is 0 Å². The smallest absolute Gasteiger partial charge is 0.253 e. The SMILES string of the molecule is CCc1ccc2nc(-c3ccc(Cl)s3)cc(C(=O)Cl)c2c1. The van der Waals surface area contributed by atoms with E-state index in [1.807, 2.05) is 30.3 Å². The molecule has 0 unspecified atom stereocenters. The molecule has 0 spiro atoms. The number of hydrogen-bond donors (Lipinski definition) is 0. The molecule has 0 N–H and O–H groups in total. The Morgan fingerprint density at radius 3 is 2.67 bits per heavy atom. The van der Waals surface area contributed by atoms with E-state index in [0.29, 0.717) is 15.6 Å². The van der Waals surface area contributed by atoms with Crippen LogP contribution in [0.25, 0.3) is 21.5 Å². The topological polar surface area (TPSA) is 30.0 Å². The molecule has 5 heteroatoms. The summed E-state index contributed by atoms with van der Waals surface area (Å²) < 4.78 is 0.687. The quantitative estimate of drug-likeness (QED) is 0.586. The molecular formula is C16H11Cl2NOS. The lowest BCUT2D eigenvalue weighted by Crippen LogP contribution is -1.96. The standard InChI is InChI=1S/C16H11Cl2NOS/c1-2-9-3-4-12-10(7-9)11(16(18)20)8-13(19-12)14-5-6-15(17)21-14/h3-8H,2H2,1H3. The third-order valence-electron chi connectivity index (χ3n) is 3.32. The van der Waals surface area contributed by atoms with Crippen LogP contribution in [-0.4, -0.2) is 10.2 Å². The van der Waals surface area contributed by atoms with Crippen LogP contribution in [0.5, 0.6) is 0 Å². The highest BCUT2D eigenvalue weighted by Gasteiger charge is 2.13. The predicted octanol–water partition coefficient (Wildman–Crippen LogP) is 5.56. The van der Waals surface area contributed by atoms with Crippen molar-refractivity contribution in [1.82, 2.24) is 4.98 Å². The van der Waals surface area contributed by atoms with Gasteiger partial charge in [0, 0.05) is 10.9 Å². The van der Waals surface area contributed by atoms with Gasteiger partial charge in [-0.3, -0.25) is 4.79 Å². The van der Waals surface area contributed by atoms with Crippen molar-refractivity contribution < 1.29 is 4.79 Å².